The Kier molecular flexibility index (Phi) is 6.78. The monoisotopic (exact) mass is 465 g/mol. The molecule has 6 nitrogen and oxygen atoms in total. The molecule has 8 heteroatoms. The third-order valence-electron chi connectivity index (χ3n) is 4.63. The van der Waals surface area contributed by atoms with Crippen molar-refractivity contribution in [3.63, 3.8) is 0 Å². The standard InChI is InChI=1S/C24H20ClN3O3S/c1-2-31-21-14-8-7-13-20(21)28-23(30)16-9-3-5-11-18(16)27-24(28)32-15-22(29)26-19-12-6-4-10-17(19)25/h3-14H,2,15H2,1H3,(H,26,29). The number of hydrogen-bond acceptors (Lipinski definition) is 5. The van der Waals surface area contributed by atoms with Gasteiger partial charge in [-0.25, -0.2) is 4.98 Å². The number of carbonyl (C=O) groups is 1. The highest BCUT2D eigenvalue weighted by Crippen LogP contribution is 2.28. The molecule has 1 aromatic heterocycles. The zero-order valence-electron chi connectivity index (χ0n) is 17.2. The maximum Gasteiger partial charge on any atom is 0.266 e. The second kappa shape index (κ2) is 9.89. The van der Waals surface area contributed by atoms with Crippen LogP contribution in [0.25, 0.3) is 16.6 Å². The van der Waals surface area contributed by atoms with E-state index in [1.54, 1.807) is 54.6 Å². The van der Waals surface area contributed by atoms with Crippen LogP contribution in [0.1, 0.15) is 6.92 Å². The second-order valence-electron chi connectivity index (χ2n) is 6.77. The molecule has 0 fully saturated rings. The number of anilines is 1. The van der Waals surface area contributed by atoms with E-state index in [0.29, 0.717) is 44.8 Å². The molecule has 4 rings (SSSR count). The van der Waals surface area contributed by atoms with Crippen molar-refractivity contribution in [2.45, 2.75) is 12.1 Å². The van der Waals surface area contributed by atoms with Crippen molar-refractivity contribution in [1.29, 1.82) is 0 Å². The van der Waals surface area contributed by atoms with Crippen molar-refractivity contribution >= 4 is 45.9 Å². The van der Waals surface area contributed by atoms with Crippen LogP contribution in [0.4, 0.5) is 5.69 Å². The summed E-state index contributed by atoms with van der Waals surface area (Å²) in [5, 5.41) is 4.14. The van der Waals surface area contributed by atoms with Crippen LogP contribution in [0.2, 0.25) is 5.02 Å². The summed E-state index contributed by atoms with van der Waals surface area (Å²) in [6, 6.07) is 21.4. The van der Waals surface area contributed by atoms with E-state index in [4.69, 9.17) is 16.3 Å². The zero-order valence-corrected chi connectivity index (χ0v) is 18.8. The summed E-state index contributed by atoms with van der Waals surface area (Å²) in [7, 11) is 0. The lowest BCUT2D eigenvalue weighted by Crippen LogP contribution is -2.23. The molecule has 4 aromatic rings. The van der Waals surface area contributed by atoms with Crippen LogP contribution in [0.15, 0.2) is 82.7 Å². The van der Waals surface area contributed by atoms with Crippen LogP contribution < -0.4 is 15.6 Å². The van der Waals surface area contributed by atoms with Crippen LogP contribution in [-0.4, -0.2) is 27.8 Å². The molecule has 0 spiro atoms. The number of rotatable bonds is 7. The van der Waals surface area contributed by atoms with E-state index >= 15 is 0 Å². The fourth-order valence-corrected chi connectivity index (χ4v) is 4.21. The lowest BCUT2D eigenvalue weighted by Gasteiger charge is -2.16. The van der Waals surface area contributed by atoms with Gasteiger partial charge in [-0.2, -0.15) is 0 Å². The molecule has 3 aromatic carbocycles. The number of nitrogens with one attached hydrogen (secondary N) is 1. The minimum atomic E-state index is -0.254. The Labute approximate surface area is 194 Å². The molecule has 0 radical (unpaired) electrons. The average Bonchev–Trinajstić information content (AvgIpc) is 2.80. The van der Waals surface area contributed by atoms with Crippen LogP contribution in [0, 0.1) is 0 Å². The minimum Gasteiger partial charge on any atom is -0.492 e. The molecule has 1 N–H and O–H groups in total. The lowest BCUT2D eigenvalue weighted by molar-refractivity contribution is -0.113. The molecule has 0 aliphatic carbocycles. The lowest BCUT2D eigenvalue weighted by atomic mass is 10.2. The number of hydrogen-bond donors (Lipinski definition) is 1. The van der Waals surface area contributed by atoms with Gasteiger partial charge >= 0.3 is 0 Å². The summed E-state index contributed by atoms with van der Waals surface area (Å²) in [4.78, 5) is 30.7. The third-order valence-corrected chi connectivity index (χ3v) is 5.90. The number of fused-ring (bicyclic) bond motifs is 1. The molecule has 1 amide bonds. The van der Waals surface area contributed by atoms with Gasteiger partial charge < -0.3 is 10.1 Å². The van der Waals surface area contributed by atoms with E-state index in [9.17, 15) is 9.59 Å². The van der Waals surface area contributed by atoms with Crippen LogP contribution in [-0.2, 0) is 4.79 Å². The summed E-state index contributed by atoms with van der Waals surface area (Å²) in [5.41, 5.74) is 1.45. The normalized spacial score (nSPS) is 10.8. The molecular weight excluding hydrogens is 446 g/mol. The molecule has 0 aliphatic heterocycles. The first-order valence-electron chi connectivity index (χ1n) is 9.99. The first kappa shape index (κ1) is 21.9. The van der Waals surface area contributed by atoms with E-state index in [0.717, 1.165) is 0 Å². The Morgan fingerprint density at radius 1 is 1.06 bits per heavy atom. The Balaban J connectivity index is 1.72. The number of aromatic nitrogens is 2. The fourth-order valence-electron chi connectivity index (χ4n) is 3.22. The number of thioether (sulfide) groups is 1. The summed E-state index contributed by atoms with van der Waals surface area (Å²) in [5.74, 6) is 0.360. The summed E-state index contributed by atoms with van der Waals surface area (Å²) in [6.45, 7) is 2.34. The van der Waals surface area contributed by atoms with Gasteiger partial charge in [-0.1, -0.05) is 59.8 Å². The highest BCUT2D eigenvalue weighted by Gasteiger charge is 2.17. The highest BCUT2D eigenvalue weighted by molar-refractivity contribution is 7.99. The number of amides is 1. The number of ether oxygens (including phenoxy) is 1. The van der Waals surface area contributed by atoms with Gasteiger partial charge in [-0.15, -0.1) is 0 Å². The van der Waals surface area contributed by atoms with E-state index in [2.05, 4.69) is 10.3 Å². The van der Waals surface area contributed by atoms with Crippen molar-refractivity contribution in [3.05, 3.63) is 88.2 Å². The van der Waals surface area contributed by atoms with Crippen molar-refractivity contribution in [2.75, 3.05) is 17.7 Å². The van der Waals surface area contributed by atoms with Gasteiger partial charge in [0, 0.05) is 0 Å². The molecule has 162 valence electrons. The quantitative estimate of drug-likeness (QED) is 0.301. The smallest absolute Gasteiger partial charge is 0.266 e. The van der Waals surface area contributed by atoms with Crippen molar-refractivity contribution in [2.24, 2.45) is 0 Å². The van der Waals surface area contributed by atoms with Crippen molar-refractivity contribution in [3.8, 4) is 11.4 Å². The predicted octanol–water partition coefficient (Wildman–Crippen LogP) is 5.17. The number of para-hydroxylation sites is 4. The van der Waals surface area contributed by atoms with Gasteiger partial charge in [-0.3, -0.25) is 14.2 Å². The number of carbonyl (C=O) groups excluding carboxylic acids is 1. The molecule has 0 bridgehead atoms. The topological polar surface area (TPSA) is 73.2 Å². The van der Waals surface area contributed by atoms with E-state index in [-0.39, 0.29) is 17.2 Å². The first-order valence-corrected chi connectivity index (χ1v) is 11.4. The Morgan fingerprint density at radius 2 is 1.78 bits per heavy atom. The van der Waals surface area contributed by atoms with E-state index in [1.165, 1.54) is 16.3 Å². The predicted molar refractivity (Wildman–Crippen MR) is 129 cm³/mol. The summed E-state index contributed by atoms with van der Waals surface area (Å²) < 4.78 is 7.24. The van der Waals surface area contributed by atoms with Crippen LogP contribution >= 0.6 is 23.4 Å². The van der Waals surface area contributed by atoms with Gasteiger partial charge in [0.05, 0.1) is 39.7 Å². The van der Waals surface area contributed by atoms with Crippen LogP contribution in [0.3, 0.4) is 0 Å². The number of benzene rings is 3. The molecular formula is C24H20ClN3O3S. The van der Waals surface area contributed by atoms with Crippen molar-refractivity contribution < 1.29 is 9.53 Å². The fraction of sp³-hybridized carbons (Fsp3) is 0.125. The second-order valence-corrected chi connectivity index (χ2v) is 8.12. The Hall–Kier alpha value is -3.29. The maximum absolute atomic E-state index is 13.4. The molecule has 0 saturated carbocycles. The molecule has 0 unspecified atom stereocenters. The molecule has 32 heavy (non-hydrogen) atoms. The van der Waals surface area contributed by atoms with Crippen LogP contribution in [0.5, 0.6) is 5.75 Å². The Bertz CT molecular complexity index is 1340. The molecule has 0 aliphatic rings. The van der Waals surface area contributed by atoms with Gasteiger partial charge in [0.1, 0.15) is 5.75 Å². The highest BCUT2D eigenvalue weighted by atomic mass is 35.5. The van der Waals surface area contributed by atoms with Gasteiger partial charge in [0.15, 0.2) is 5.16 Å². The van der Waals surface area contributed by atoms with Gasteiger partial charge in [0.2, 0.25) is 5.91 Å². The Morgan fingerprint density at radius 3 is 2.59 bits per heavy atom. The number of nitrogens with zero attached hydrogens (tertiary/aromatic N) is 2. The summed E-state index contributed by atoms with van der Waals surface area (Å²) in [6.07, 6.45) is 0. The van der Waals surface area contributed by atoms with Gasteiger partial charge in [-0.05, 0) is 43.3 Å². The van der Waals surface area contributed by atoms with E-state index < -0.39 is 0 Å². The third kappa shape index (κ3) is 4.64. The molecule has 0 saturated heterocycles. The zero-order chi connectivity index (χ0) is 22.5. The number of halogens is 1. The molecule has 0 atom stereocenters. The average molecular weight is 466 g/mol. The van der Waals surface area contributed by atoms with E-state index in [1.807, 2.05) is 25.1 Å². The SMILES string of the molecule is CCOc1ccccc1-n1c(SCC(=O)Nc2ccccc2Cl)nc2ccccc2c1=O. The minimum absolute atomic E-state index is 0.0484. The largest absolute Gasteiger partial charge is 0.492 e. The summed E-state index contributed by atoms with van der Waals surface area (Å²) >= 11 is 7.30. The maximum atomic E-state index is 13.4. The van der Waals surface area contributed by atoms with Crippen molar-refractivity contribution in [1.82, 2.24) is 9.55 Å². The molecule has 1 heterocycles. The first-order chi connectivity index (χ1) is 15.6. The van der Waals surface area contributed by atoms with Gasteiger partial charge in [0.25, 0.3) is 5.56 Å².